The number of halogens is 2. The van der Waals surface area contributed by atoms with Crippen LogP contribution in [0.1, 0.15) is 30.4 Å². The van der Waals surface area contributed by atoms with Gasteiger partial charge in [0.05, 0.1) is 15.7 Å². The predicted molar refractivity (Wildman–Crippen MR) is 108 cm³/mol. The van der Waals surface area contributed by atoms with Gasteiger partial charge in [0.1, 0.15) is 0 Å². The molecule has 3 aromatic rings. The van der Waals surface area contributed by atoms with Crippen molar-refractivity contribution in [3.8, 4) is 17.3 Å². The Morgan fingerprint density at radius 3 is 2.60 bits per heavy atom. The smallest absolute Gasteiger partial charge is 0.365 e. The Morgan fingerprint density at radius 1 is 1.23 bits per heavy atom. The van der Waals surface area contributed by atoms with Gasteiger partial charge >= 0.3 is 11.5 Å². The number of nitrogens with one attached hydrogen (secondary N) is 2. The molecule has 0 radical (unpaired) electrons. The molecule has 0 unspecified atom stereocenters. The van der Waals surface area contributed by atoms with Crippen LogP contribution in [0.25, 0.3) is 10.5 Å². The first-order valence-electron chi connectivity index (χ1n) is 8.70. The van der Waals surface area contributed by atoms with E-state index >= 15 is 0 Å². The summed E-state index contributed by atoms with van der Waals surface area (Å²) >= 11 is 12.6. The summed E-state index contributed by atoms with van der Waals surface area (Å²) in [5.74, 6) is -0.159. The normalized spacial score (nSPS) is 14.9. The zero-order chi connectivity index (χ0) is 21.6. The van der Waals surface area contributed by atoms with Crippen molar-refractivity contribution in [1.82, 2.24) is 25.0 Å². The molecule has 1 atom stereocenters. The van der Waals surface area contributed by atoms with Crippen LogP contribution < -0.4 is 21.5 Å². The van der Waals surface area contributed by atoms with Crippen molar-refractivity contribution in [3.63, 3.8) is 0 Å². The SMILES string of the molecule is [C-]#[N+]c1nn(-c2cc(Cl)c(Oc3n[nH]c(=O)c4c3CC[C@@H]4C)c(Cl)c2)c(=O)[nH]c1=O. The van der Waals surface area contributed by atoms with Crippen molar-refractivity contribution < 1.29 is 4.74 Å². The number of hydrogen-bond acceptors (Lipinski definition) is 6. The van der Waals surface area contributed by atoms with E-state index in [1.54, 1.807) is 0 Å². The maximum Gasteiger partial charge on any atom is 0.365 e. The van der Waals surface area contributed by atoms with Crippen molar-refractivity contribution >= 4 is 29.0 Å². The van der Waals surface area contributed by atoms with Gasteiger partial charge in [-0.25, -0.2) is 9.89 Å². The first-order chi connectivity index (χ1) is 14.3. The Labute approximate surface area is 177 Å². The van der Waals surface area contributed by atoms with E-state index in [0.29, 0.717) is 17.5 Å². The number of nitrogens with zero attached hydrogens (tertiary/aromatic N) is 4. The van der Waals surface area contributed by atoms with Crippen molar-refractivity contribution in [2.75, 3.05) is 0 Å². The van der Waals surface area contributed by atoms with E-state index in [0.717, 1.165) is 11.1 Å². The van der Waals surface area contributed by atoms with E-state index in [9.17, 15) is 14.4 Å². The highest BCUT2D eigenvalue weighted by atomic mass is 35.5. The lowest BCUT2D eigenvalue weighted by Crippen LogP contribution is -2.30. The molecule has 0 aliphatic heterocycles. The lowest BCUT2D eigenvalue weighted by atomic mass is 10.1. The molecule has 2 heterocycles. The van der Waals surface area contributed by atoms with Gasteiger partial charge in [-0.1, -0.05) is 36.7 Å². The summed E-state index contributed by atoms with van der Waals surface area (Å²) < 4.78 is 6.61. The third-order valence-corrected chi connectivity index (χ3v) is 5.31. The van der Waals surface area contributed by atoms with Gasteiger partial charge in [-0.2, -0.15) is 0 Å². The molecule has 0 spiro atoms. The minimum atomic E-state index is -0.893. The number of benzene rings is 1. The molecule has 0 saturated carbocycles. The van der Waals surface area contributed by atoms with Crippen molar-refractivity contribution in [2.45, 2.75) is 25.7 Å². The Hall–Kier alpha value is -3.42. The Bertz CT molecular complexity index is 1380. The van der Waals surface area contributed by atoms with Crippen LogP contribution in [0.5, 0.6) is 11.6 Å². The number of aromatic nitrogens is 5. The highest BCUT2D eigenvalue weighted by molar-refractivity contribution is 6.37. The number of rotatable bonds is 3. The van der Waals surface area contributed by atoms with E-state index in [2.05, 4.69) is 20.1 Å². The van der Waals surface area contributed by atoms with Crippen molar-refractivity contribution in [2.24, 2.45) is 0 Å². The second kappa shape index (κ2) is 7.44. The molecule has 1 aliphatic carbocycles. The van der Waals surface area contributed by atoms with Gasteiger partial charge in [0.25, 0.3) is 11.1 Å². The highest BCUT2D eigenvalue weighted by Gasteiger charge is 2.27. The molecule has 0 bridgehead atoms. The van der Waals surface area contributed by atoms with E-state index < -0.39 is 17.1 Å². The quantitative estimate of drug-likeness (QED) is 0.595. The van der Waals surface area contributed by atoms with Crippen LogP contribution >= 0.6 is 23.2 Å². The van der Waals surface area contributed by atoms with Gasteiger partial charge < -0.3 is 9.58 Å². The lowest BCUT2D eigenvalue weighted by Gasteiger charge is -2.13. The average Bonchev–Trinajstić information content (AvgIpc) is 3.09. The molecule has 1 aliphatic rings. The van der Waals surface area contributed by atoms with Gasteiger partial charge in [-0.05, 0) is 36.0 Å². The number of aromatic amines is 2. The molecule has 152 valence electrons. The van der Waals surface area contributed by atoms with Crippen LogP contribution in [0.3, 0.4) is 0 Å². The minimum Gasteiger partial charge on any atom is -0.434 e. The Morgan fingerprint density at radius 2 is 1.93 bits per heavy atom. The van der Waals surface area contributed by atoms with Gasteiger partial charge in [0, 0.05) is 11.1 Å². The summed E-state index contributed by atoms with van der Waals surface area (Å²) in [7, 11) is 0. The molecule has 30 heavy (non-hydrogen) atoms. The van der Waals surface area contributed by atoms with E-state index in [4.69, 9.17) is 34.5 Å². The van der Waals surface area contributed by atoms with E-state index in [1.165, 1.54) is 12.1 Å². The average molecular weight is 447 g/mol. The zero-order valence-electron chi connectivity index (χ0n) is 15.3. The molecular formula is C18H12Cl2N6O4. The monoisotopic (exact) mass is 446 g/mol. The maximum atomic E-state index is 12.1. The maximum absolute atomic E-state index is 12.1. The van der Waals surface area contributed by atoms with Gasteiger partial charge in [-0.15, -0.1) is 9.78 Å². The van der Waals surface area contributed by atoms with E-state index in [-0.39, 0.29) is 38.8 Å². The third kappa shape index (κ3) is 3.28. The van der Waals surface area contributed by atoms with Crippen LogP contribution in [0.15, 0.2) is 26.5 Å². The summed E-state index contributed by atoms with van der Waals surface area (Å²) in [6.07, 6.45) is 1.43. The molecule has 12 heteroatoms. The standard InChI is InChI=1S/C18H12Cl2N6O4/c1-7-3-4-9-12(7)15(27)23-24-17(9)30-13-10(19)5-8(6-11(13)20)26-18(29)22-16(28)14(21-2)25-26/h5-7H,3-4H2,1H3,(H,23,27)(H,22,28,29)/t7-/m0/s1. The minimum absolute atomic E-state index is 0.0366. The van der Waals surface area contributed by atoms with E-state index in [1.807, 2.05) is 11.9 Å². The molecule has 4 rings (SSSR count). The third-order valence-electron chi connectivity index (χ3n) is 4.75. The Balaban J connectivity index is 1.78. The fourth-order valence-electron chi connectivity index (χ4n) is 3.34. The Kier molecular flexibility index (Phi) is 4.93. The molecule has 1 aromatic carbocycles. The lowest BCUT2D eigenvalue weighted by molar-refractivity contribution is 0.448. The fourth-order valence-corrected chi connectivity index (χ4v) is 3.89. The second-order valence-electron chi connectivity index (χ2n) is 6.64. The van der Waals surface area contributed by atoms with Crippen LogP contribution in [-0.2, 0) is 6.42 Å². The molecule has 0 amide bonds. The second-order valence-corrected chi connectivity index (χ2v) is 7.45. The summed E-state index contributed by atoms with van der Waals surface area (Å²) in [5.41, 5.74) is -0.564. The molecule has 0 fully saturated rings. The van der Waals surface area contributed by atoms with Gasteiger partial charge in [0.15, 0.2) is 5.75 Å². The summed E-state index contributed by atoms with van der Waals surface area (Å²) in [4.78, 5) is 40.6. The number of fused-ring (bicyclic) bond motifs is 1. The molecule has 10 nitrogen and oxygen atoms in total. The molecule has 2 N–H and O–H groups in total. The summed E-state index contributed by atoms with van der Waals surface area (Å²) in [5, 5.41) is 10.2. The highest BCUT2D eigenvalue weighted by Crippen LogP contribution is 2.41. The topological polar surface area (TPSA) is 127 Å². The number of hydrogen-bond donors (Lipinski definition) is 2. The van der Waals surface area contributed by atoms with Crippen molar-refractivity contribution in [3.05, 3.63) is 75.9 Å². The van der Waals surface area contributed by atoms with Gasteiger partial charge in [-0.3, -0.25) is 14.6 Å². The number of ether oxygens (including phenoxy) is 1. The van der Waals surface area contributed by atoms with Crippen LogP contribution in [0.4, 0.5) is 5.82 Å². The van der Waals surface area contributed by atoms with Crippen LogP contribution in [-0.4, -0.2) is 25.0 Å². The molecular weight excluding hydrogens is 435 g/mol. The van der Waals surface area contributed by atoms with Crippen molar-refractivity contribution in [1.29, 1.82) is 0 Å². The first-order valence-corrected chi connectivity index (χ1v) is 9.45. The number of H-pyrrole nitrogens is 2. The fraction of sp³-hybridized carbons (Fsp3) is 0.222. The largest absolute Gasteiger partial charge is 0.434 e. The van der Waals surface area contributed by atoms with Gasteiger partial charge in [0.2, 0.25) is 5.88 Å². The summed E-state index contributed by atoms with van der Waals surface area (Å²) in [6.45, 7) is 8.92. The first kappa shape index (κ1) is 19.9. The molecule has 2 aromatic heterocycles. The predicted octanol–water partition coefficient (Wildman–Crippen LogP) is 2.70. The van der Waals surface area contributed by atoms with Crippen LogP contribution in [0.2, 0.25) is 10.0 Å². The molecule has 0 saturated heterocycles. The zero-order valence-corrected chi connectivity index (χ0v) is 16.8. The van der Waals surface area contributed by atoms with Crippen LogP contribution in [0, 0.1) is 6.57 Å². The summed E-state index contributed by atoms with van der Waals surface area (Å²) in [6, 6.07) is 2.69.